The largest absolute Gasteiger partial charge is 0.277 e. The highest BCUT2D eigenvalue weighted by Gasteiger charge is 2.20. The fraction of sp³-hybridized carbons (Fsp3) is 0. The highest BCUT2D eigenvalue weighted by Crippen LogP contribution is 2.25. The van der Waals surface area contributed by atoms with Crippen molar-refractivity contribution >= 4 is 15.7 Å². The molecule has 0 fully saturated rings. The molecule has 0 aliphatic heterocycles. The van der Waals surface area contributed by atoms with Gasteiger partial charge in [0.1, 0.15) is 0 Å². The van der Waals surface area contributed by atoms with Gasteiger partial charge in [-0.15, -0.1) is 0 Å². The zero-order valence-electron chi connectivity index (χ0n) is 12.7. The smallest absolute Gasteiger partial charge is 0.261 e. The number of sulfonamides is 1. The molecule has 3 aromatic carbocycles. The van der Waals surface area contributed by atoms with Gasteiger partial charge in [0.25, 0.3) is 10.0 Å². The van der Waals surface area contributed by atoms with Crippen LogP contribution in [-0.2, 0) is 10.0 Å². The molecule has 0 saturated carbocycles. The van der Waals surface area contributed by atoms with Crippen molar-refractivity contribution in [1.82, 2.24) is 0 Å². The number of benzene rings is 3. The van der Waals surface area contributed by atoms with Crippen LogP contribution in [0.1, 0.15) is 0 Å². The maximum atomic E-state index is 13.7. The van der Waals surface area contributed by atoms with Crippen LogP contribution in [0, 0.1) is 17.5 Å². The van der Waals surface area contributed by atoms with Crippen LogP contribution in [0.4, 0.5) is 18.9 Å². The van der Waals surface area contributed by atoms with E-state index in [0.717, 1.165) is 17.2 Å². The molecule has 0 bridgehead atoms. The van der Waals surface area contributed by atoms with Crippen LogP contribution in [0.25, 0.3) is 11.1 Å². The van der Waals surface area contributed by atoms with E-state index in [1.54, 1.807) is 12.1 Å². The summed E-state index contributed by atoms with van der Waals surface area (Å²) in [6, 6.07) is 16.7. The van der Waals surface area contributed by atoms with Crippen LogP contribution in [0.5, 0.6) is 0 Å². The van der Waals surface area contributed by atoms with Gasteiger partial charge in [0.2, 0.25) is 0 Å². The molecule has 0 spiro atoms. The first-order chi connectivity index (χ1) is 11.9. The lowest BCUT2D eigenvalue weighted by atomic mass is 10.1. The molecule has 0 aliphatic rings. The number of rotatable bonds is 4. The van der Waals surface area contributed by atoms with Gasteiger partial charge in [-0.25, -0.2) is 21.6 Å². The summed E-state index contributed by atoms with van der Waals surface area (Å²) >= 11 is 0. The van der Waals surface area contributed by atoms with Crippen LogP contribution < -0.4 is 4.72 Å². The zero-order chi connectivity index (χ0) is 18.0. The third-order valence-corrected chi connectivity index (χ3v) is 4.93. The molecule has 25 heavy (non-hydrogen) atoms. The third-order valence-electron chi connectivity index (χ3n) is 3.55. The molecule has 3 rings (SSSR count). The van der Waals surface area contributed by atoms with Crippen molar-refractivity contribution in [2.45, 2.75) is 4.90 Å². The molecule has 3 aromatic rings. The van der Waals surface area contributed by atoms with E-state index in [0.29, 0.717) is 6.07 Å². The van der Waals surface area contributed by atoms with Gasteiger partial charge in [-0.1, -0.05) is 42.5 Å². The van der Waals surface area contributed by atoms with Gasteiger partial charge in [0, 0.05) is 0 Å². The number of nitrogens with one attached hydrogen (secondary N) is 1. The molecule has 0 heterocycles. The van der Waals surface area contributed by atoms with Crippen molar-refractivity contribution in [3.63, 3.8) is 0 Å². The molecule has 7 heteroatoms. The summed E-state index contributed by atoms with van der Waals surface area (Å²) in [6.45, 7) is 0. The molecular weight excluding hydrogens is 351 g/mol. The van der Waals surface area contributed by atoms with Crippen LogP contribution in [0.15, 0.2) is 71.6 Å². The Morgan fingerprint density at radius 1 is 0.680 bits per heavy atom. The Morgan fingerprint density at radius 2 is 1.28 bits per heavy atom. The third kappa shape index (κ3) is 3.51. The maximum absolute atomic E-state index is 13.7. The fourth-order valence-corrected chi connectivity index (χ4v) is 3.32. The first-order valence-electron chi connectivity index (χ1n) is 7.20. The van der Waals surface area contributed by atoms with E-state index in [1.807, 2.05) is 35.1 Å². The van der Waals surface area contributed by atoms with Gasteiger partial charge in [-0.2, -0.15) is 0 Å². The molecule has 128 valence electrons. The monoisotopic (exact) mass is 363 g/mol. The van der Waals surface area contributed by atoms with E-state index in [9.17, 15) is 21.6 Å². The maximum Gasteiger partial charge on any atom is 0.261 e. The van der Waals surface area contributed by atoms with E-state index in [2.05, 4.69) is 0 Å². The van der Waals surface area contributed by atoms with E-state index in [4.69, 9.17) is 0 Å². The fourth-order valence-electron chi connectivity index (χ4n) is 2.27. The Morgan fingerprint density at radius 3 is 1.92 bits per heavy atom. The summed E-state index contributed by atoms with van der Waals surface area (Å²) in [4.78, 5) is -0.128. The quantitative estimate of drug-likeness (QED) is 0.690. The topological polar surface area (TPSA) is 46.2 Å². The normalized spacial score (nSPS) is 11.3. The van der Waals surface area contributed by atoms with Crippen molar-refractivity contribution < 1.29 is 21.6 Å². The zero-order valence-corrected chi connectivity index (χ0v) is 13.5. The van der Waals surface area contributed by atoms with Crippen molar-refractivity contribution in [2.24, 2.45) is 0 Å². The SMILES string of the molecule is O=S(=O)(Nc1ccc(F)c(F)c1F)c1ccc(-c2ccccc2)cc1. The van der Waals surface area contributed by atoms with Gasteiger partial charge >= 0.3 is 0 Å². The minimum absolute atomic E-state index is 0.128. The van der Waals surface area contributed by atoms with E-state index >= 15 is 0 Å². The van der Waals surface area contributed by atoms with E-state index < -0.39 is 33.2 Å². The van der Waals surface area contributed by atoms with Gasteiger partial charge in [-0.3, -0.25) is 4.72 Å². The molecule has 0 radical (unpaired) electrons. The molecule has 1 N–H and O–H groups in total. The average Bonchev–Trinajstić information content (AvgIpc) is 2.63. The van der Waals surface area contributed by atoms with Gasteiger partial charge in [0.15, 0.2) is 17.5 Å². The molecule has 0 aliphatic carbocycles. The van der Waals surface area contributed by atoms with Crippen LogP contribution in [0.2, 0.25) is 0 Å². The second kappa shape index (κ2) is 6.60. The van der Waals surface area contributed by atoms with E-state index in [1.165, 1.54) is 12.1 Å². The number of halogens is 3. The average molecular weight is 363 g/mol. The van der Waals surface area contributed by atoms with Crippen molar-refractivity contribution in [3.8, 4) is 11.1 Å². The standard InChI is InChI=1S/C18H12F3NO2S/c19-15-10-11-16(18(21)17(15)20)22-25(23,24)14-8-6-13(7-9-14)12-4-2-1-3-5-12/h1-11,22H. The summed E-state index contributed by atoms with van der Waals surface area (Å²) in [6.07, 6.45) is 0. The van der Waals surface area contributed by atoms with Crippen molar-refractivity contribution in [3.05, 3.63) is 84.2 Å². The Hall–Kier alpha value is -2.80. The Bertz CT molecular complexity index is 1000. The lowest BCUT2D eigenvalue weighted by Crippen LogP contribution is -2.14. The Labute approximate surface area is 142 Å². The van der Waals surface area contributed by atoms with Crippen LogP contribution >= 0.6 is 0 Å². The van der Waals surface area contributed by atoms with E-state index in [-0.39, 0.29) is 4.90 Å². The lowest BCUT2D eigenvalue weighted by Gasteiger charge is -2.10. The first-order valence-corrected chi connectivity index (χ1v) is 8.68. The molecule has 0 unspecified atom stereocenters. The number of anilines is 1. The molecule has 3 nitrogen and oxygen atoms in total. The van der Waals surface area contributed by atoms with Crippen molar-refractivity contribution in [1.29, 1.82) is 0 Å². The molecule has 0 aromatic heterocycles. The van der Waals surface area contributed by atoms with Gasteiger partial charge < -0.3 is 0 Å². The van der Waals surface area contributed by atoms with Crippen molar-refractivity contribution in [2.75, 3.05) is 4.72 Å². The summed E-state index contributed by atoms with van der Waals surface area (Å²) in [5, 5.41) is 0. The van der Waals surface area contributed by atoms with Crippen LogP contribution in [0.3, 0.4) is 0 Å². The summed E-state index contributed by atoms with van der Waals surface area (Å²) in [7, 11) is -4.14. The summed E-state index contributed by atoms with van der Waals surface area (Å²) < 4.78 is 66.3. The predicted octanol–water partition coefficient (Wildman–Crippen LogP) is 4.57. The number of hydrogen-bond donors (Lipinski definition) is 1. The Kier molecular flexibility index (Phi) is 4.50. The summed E-state index contributed by atoms with van der Waals surface area (Å²) in [5.41, 5.74) is 1.05. The highest BCUT2D eigenvalue weighted by molar-refractivity contribution is 7.92. The Balaban J connectivity index is 1.89. The van der Waals surface area contributed by atoms with Gasteiger partial charge in [-0.05, 0) is 35.4 Å². The molecular formula is C18H12F3NO2S. The highest BCUT2D eigenvalue weighted by atomic mass is 32.2. The minimum atomic E-state index is -4.14. The molecule has 0 saturated heterocycles. The van der Waals surface area contributed by atoms with Gasteiger partial charge in [0.05, 0.1) is 10.6 Å². The lowest BCUT2D eigenvalue weighted by molar-refractivity contribution is 0.449. The number of hydrogen-bond acceptors (Lipinski definition) is 2. The summed E-state index contributed by atoms with van der Waals surface area (Å²) in [5.74, 6) is -4.73. The second-order valence-corrected chi connectivity index (χ2v) is 6.90. The molecule has 0 amide bonds. The molecule has 0 atom stereocenters. The predicted molar refractivity (Wildman–Crippen MR) is 89.0 cm³/mol. The minimum Gasteiger partial charge on any atom is -0.277 e. The first kappa shape index (κ1) is 17.0. The second-order valence-electron chi connectivity index (χ2n) is 5.22. The van der Waals surface area contributed by atoms with Crippen LogP contribution in [-0.4, -0.2) is 8.42 Å².